The fraction of sp³-hybridized carbons (Fsp3) is 0.786. The number of likely N-dealkylation sites (tertiary alicyclic amines) is 1. The van der Waals surface area contributed by atoms with E-state index in [-0.39, 0.29) is 5.41 Å². The van der Waals surface area contributed by atoms with Crippen LogP contribution in [-0.2, 0) is 4.74 Å². The highest BCUT2D eigenvalue weighted by Gasteiger charge is 2.29. The summed E-state index contributed by atoms with van der Waals surface area (Å²) in [6, 6.07) is 0.454. The lowest BCUT2D eigenvalue weighted by Crippen LogP contribution is -2.43. The number of aliphatic imine (C=N–C) groups is 1. The zero-order chi connectivity index (χ0) is 13.2. The van der Waals surface area contributed by atoms with Crippen molar-refractivity contribution in [1.82, 2.24) is 4.90 Å². The maximum absolute atomic E-state index is 5.84. The van der Waals surface area contributed by atoms with E-state index in [1.165, 1.54) is 25.9 Å². The minimum Gasteiger partial charge on any atom is -0.476 e. The third kappa shape index (κ3) is 2.86. The van der Waals surface area contributed by atoms with Crippen molar-refractivity contribution in [2.24, 2.45) is 16.1 Å². The van der Waals surface area contributed by atoms with Gasteiger partial charge in [-0.2, -0.15) is 0 Å². The molecule has 4 nitrogen and oxygen atoms in total. The largest absolute Gasteiger partial charge is 0.476 e. The van der Waals surface area contributed by atoms with E-state index >= 15 is 0 Å². The van der Waals surface area contributed by atoms with Crippen LogP contribution in [0.3, 0.4) is 0 Å². The summed E-state index contributed by atoms with van der Waals surface area (Å²) >= 11 is 0. The first-order valence-electron chi connectivity index (χ1n) is 6.86. The number of hydrogen-bond donors (Lipinski definition) is 1. The summed E-state index contributed by atoms with van der Waals surface area (Å²) in [6.45, 7) is 10.4. The molecule has 1 saturated heterocycles. The molecule has 2 heterocycles. The van der Waals surface area contributed by atoms with Gasteiger partial charge in [0.15, 0.2) is 0 Å². The van der Waals surface area contributed by atoms with Crippen molar-refractivity contribution in [1.29, 1.82) is 0 Å². The lowest BCUT2D eigenvalue weighted by molar-refractivity contribution is 0.142. The molecule has 1 unspecified atom stereocenters. The van der Waals surface area contributed by atoms with Crippen molar-refractivity contribution in [2.75, 3.05) is 26.2 Å². The molecule has 4 heteroatoms. The second kappa shape index (κ2) is 5.31. The van der Waals surface area contributed by atoms with Crippen molar-refractivity contribution >= 4 is 5.90 Å². The van der Waals surface area contributed by atoms with Crippen LogP contribution < -0.4 is 5.73 Å². The van der Waals surface area contributed by atoms with Gasteiger partial charge in [-0.15, -0.1) is 0 Å². The summed E-state index contributed by atoms with van der Waals surface area (Å²) in [5, 5.41) is 0. The third-order valence-electron chi connectivity index (χ3n) is 3.72. The van der Waals surface area contributed by atoms with Crippen molar-refractivity contribution in [3.05, 3.63) is 11.8 Å². The molecule has 0 saturated carbocycles. The Hall–Kier alpha value is -1.03. The van der Waals surface area contributed by atoms with Gasteiger partial charge in [0.05, 0.1) is 12.6 Å². The van der Waals surface area contributed by atoms with E-state index in [1.807, 2.05) is 0 Å². The highest BCUT2D eigenvalue weighted by molar-refractivity contribution is 5.94. The predicted molar refractivity (Wildman–Crippen MR) is 74.6 cm³/mol. The van der Waals surface area contributed by atoms with E-state index in [9.17, 15) is 0 Å². The van der Waals surface area contributed by atoms with E-state index in [1.54, 1.807) is 6.20 Å². The minimum atomic E-state index is -0.0198. The standard InChI is InChI=1S/C14H25N3O/c1-14(2,3)12(8-15)13-16-9-11(10-18-13)17-6-4-5-7-17/h8,11H,4-7,9-10,15H2,1-3H3/b12-8+. The summed E-state index contributed by atoms with van der Waals surface area (Å²) < 4.78 is 5.84. The van der Waals surface area contributed by atoms with Gasteiger partial charge in [-0.05, 0) is 31.3 Å². The molecule has 1 fully saturated rings. The Morgan fingerprint density at radius 3 is 2.50 bits per heavy atom. The fourth-order valence-electron chi connectivity index (χ4n) is 2.59. The summed E-state index contributed by atoms with van der Waals surface area (Å²) in [7, 11) is 0. The Kier molecular flexibility index (Phi) is 3.95. The minimum absolute atomic E-state index is 0.0198. The van der Waals surface area contributed by atoms with Crippen LogP contribution >= 0.6 is 0 Å². The second-order valence-electron chi connectivity index (χ2n) is 6.18. The summed E-state index contributed by atoms with van der Waals surface area (Å²) in [6.07, 6.45) is 4.25. The van der Waals surface area contributed by atoms with Gasteiger partial charge in [0.25, 0.3) is 0 Å². The number of ether oxygens (including phenoxy) is 1. The first-order valence-corrected chi connectivity index (χ1v) is 6.86. The third-order valence-corrected chi connectivity index (χ3v) is 3.72. The average Bonchev–Trinajstić information content (AvgIpc) is 2.82. The Morgan fingerprint density at radius 1 is 1.39 bits per heavy atom. The molecule has 0 aromatic carbocycles. The van der Waals surface area contributed by atoms with E-state index in [2.05, 4.69) is 30.7 Å². The van der Waals surface area contributed by atoms with Crippen molar-refractivity contribution in [3.8, 4) is 0 Å². The molecule has 0 aliphatic carbocycles. The molecule has 0 aromatic heterocycles. The van der Waals surface area contributed by atoms with Crippen LogP contribution in [0.25, 0.3) is 0 Å². The quantitative estimate of drug-likeness (QED) is 0.813. The van der Waals surface area contributed by atoms with Gasteiger partial charge in [-0.25, -0.2) is 4.99 Å². The fourth-order valence-corrected chi connectivity index (χ4v) is 2.59. The molecular weight excluding hydrogens is 226 g/mol. The summed E-state index contributed by atoms with van der Waals surface area (Å²) in [5.41, 5.74) is 6.70. The summed E-state index contributed by atoms with van der Waals surface area (Å²) in [5.74, 6) is 0.737. The van der Waals surface area contributed by atoms with E-state index < -0.39 is 0 Å². The number of nitrogens with two attached hydrogens (primary N) is 1. The Balaban J connectivity index is 2.01. The number of rotatable bonds is 2. The van der Waals surface area contributed by atoms with E-state index in [0.29, 0.717) is 6.04 Å². The molecule has 0 spiro atoms. The molecule has 2 aliphatic rings. The van der Waals surface area contributed by atoms with E-state index in [4.69, 9.17) is 10.5 Å². The molecule has 0 radical (unpaired) electrons. The van der Waals surface area contributed by atoms with Gasteiger partial charge in [0, 0.05) is 11.8 Å². The molecule has 0 amide bonds. The van der Waals surface area contributed by atoms with Crippen molar-refractivity contribution in [2.45, 2.75) is 39.7 Å². The molecular formula is C14H25N3O. The Labute approximate surface area is 110 Å². The average molecular weight is 251 g/mol. The maximum atomic E-state index is 5.84. The number of hydrogen-bond acceptors (Lipinski definition) is 4. The number of nitrogens with zero attached hydrogens (tertiary/aromatic N) is 2. The molecule has 0 aromatic rings. The van der Waals surface area contributed by atoms with Gasteiger partial charge in [0.2, 0.25) is 5.90 Å². The molecule has 2 aliphatic heterocycles. The first kappa shape index (κ1) is 13.4. The van der Waals surface area contributed by atoms with E-state index in [0.717, 1.165) is 24.6 Å². The van der Waals surface area contributed by atoms with Gasteiger partial charge in [0.1, 0.15) is 6.61 Å². The van der Waals surface area contributed by atoms with Gasteiger partial charge in [-0.3, -0.25) is 4.90 Å². The SMILES string of the molecule is CC(C)(C)/C(=C/N)C1=NCC(N2CCCC2)CO1. The zero-order valence-electron chi connectivity index (χ0n) is 11.8. The molecule has 2 rings (SSSR count). The Bertz CT molecular complexity index is 349. The monoisotopic (exact) mass is 251 g/mol. The summed E-state index contributed by atoms with van der Waals surface area (Å²) in [4.78, 5) is 7.09. The maximum Gasteiger partial charge on any atom is 0.213 e. The Morgan fingerprint density at radius 2 is 2.06 bits per heavy atom. The van der Waals surface area contributed by atoms with Crippen LogP contribution in [0.5, 0.6) is 0 Å². The molecule has 1 atom stereocenters. The highest BCUT2D eigenvalue weighted by Crippen LogP contribution is 2.27. The van der Waals surface area contributed by atoms with Crippen molar-refractivity contribution in [3.63, 3.8) is 0 Å². The van der Waals surface area contributed by atoms with Crippen LogP contribution in [0.4, 0.5) is 0 Å². The van der Waals surface area contributed by atoms with Crippen LogP contribution in [0.1, 0.15) is 33.6 Å². The van der Waals surface area contributed by atoms with Crippen molar-refractivity contribution < 1.29 is 4.74 Å². The molecule has 18 heavy (non-hydrogen) atoms. The van der Waals surface area contributed by atoms with Crippen LogP contribution in [0, 0.1) is 5.41 Å². The molecule has 2 N–H and O–H groups in total. The van der Waals surface area contributed by atoms with Gasteiger partial charge in [-0.1, -0.05) is 20.8 Å². The molecule has 102 valence electrons. The van der Waals surface area contributed by atoms with Crippen LogP contribution in [-0.4, -0.2) is 43.1 Å². The zero-order valence-corrected chi connectivity index (χ0v) is 11.8. The van der Waals surface area contributed by atoms with Gasteiger partial charge < -0.3 is 10.5 Å². The van der Waals surface area contributed by atoms with Crippen LogP contribution in [0.15, 0.2) is 16.8 Å². The normalized spacial score (nSPS) is 26.9. The van der Waals surface area contributed by atoms with Gasteiger partial charge >= 0.3 is 0 Å². The highest BCUT2D eigenvalue weighted by atomic mass is 16.5. The topological polar surface area (TPSA) is 50.8 Å². The molecule has 0 bridgehead atoms. The first-order chi connectivity index (χ1) is 8.52. The smallest absolute Gasteiger partial charge is 0.213 e. The lowest BCUT2D eigenvalue weighted by Gasteiger charge is -2.32. The van der Waals surface area contributed by atoms with Crippen LogP contribution in [0.2, 0.25) is 0 Å². The predicted octanol–water partition coefficient (Wildman–Crippen LogP) is 1.77. The second-order valence-corrected chi connectivity index (χ2v) is 6.18. The lowest BCUT2D eigenvalue weighted by atomic mass is 9.86.